The molecule has 13 heteroatoms. The van der Waals surface area contributed by atoms with Crippen LogP contribution in [0.3, 0.4) is 0 Å². The fraction of sp³-hybridized carbons (Fsp3) is 0.296. The molecule has 1 fully saturated rings. The standard InChI is InChI=1S/C27H30N10O3/c1-28-13-20(27(38)34-39)14-29-17-35(2)16-22-31-23-25(36(22)3)32-24(33-26(23)37-8-10-40-11-9-37)19-12-18-6-4-5-7-21(18)30-15-19/h4-7,12-15,39H,1,8-11,16-17H2,2-3H3,(H,34,38)/b20-13+,29-14-. The maximum atomic E-state index is 11.7. The van der Waals surface area contributed by atoms with Gasteiger partial charge in [0.2, 0.25) is 0 Å². The largest absolute Gasteiger partial charge is 0.378 e. The van der Waals surface area contributed by atoms with E-state index in [4.69, 9.17) is 24.9 Å². The summed E-state index contributed by atoms with van der Waals surface area (Å²) in [6, 6.07) is 10.0. The summed E-state index contributed by atoms with van der Waals surface area (Å²) in [6.45, 7) is 6.71. The number of carbonyl (C=O) groups is 1. The van der Waals surface area contributed by atoms with Crippen molar-refractivity contribution in [3.05, 3.63) is 54.1 Å². The number of carbonyl (C=O) groups excluding carboxylic acids is 1. The lowest BCUT2D eigenvalue weighted by Gasteiger charge is -2.28. The van der Waals surface area contributed by atoms with E-state index in [0.29, 0.717) is 44.3 Å². The molecule has 3 aromatic heterocycles. The molecule has 13 nitrogen and oxygen atoms in total. The summed E-state index contributed by atoms with van der Waals surface area (Å²) in [4.78, 5) is 43.1. The summed E-state index contributed by atoms with van der Waals surface area (Å²) in [7, 11) is 3.82. The molecule has 0 unspecified atom stereocenters. The molecule has 206 valence electrons. The molecule has 1 aliphatic rings. The second kappa shape index (κ2) is 12.1. The van der Waals surface area contributed by atoms with Gasteiger partial charge in [0.15, 0.2) is 22.8 Å². The average Bonchev–Trinajstić information content (AvgIpc) is 3.30. The number of aryl methyl sites for hydroxylation is 1. The summed E-state index contributed by atoms with van der Waals surface area (Å²) in [6.07, 6.45) is 4.35. The van der Waals surface area contributed by atoms with Crippen molar-refractivity contribution in [2.75, 3.05) is 44.9 Å². The zero-order chi connectivity index (χ0) is 28.1. The molecule has 40 heavy (non-hydrogen) atoms. The third-order valence-corrected chi connectivity index (χ3v) is 6.51. The van der Waals surface area contributed by atoms with E-state index in [0.717, 1.165) is 33.6 Å². The van der Waals surface area contributed by atoms with Crippen LogP contribution < -0.4 is 10.4 Å². The van der Waals surface area contributed by atoms with Crippen LogP contribution in [0, 0.1) is 0 Å². The molecule has 0 bridgehead atoms. The first-order valence-electron chi connectivity index (χ1n) is 12.7. The summed E-state index contributed by atoms with van der Waals surface area (Å²) in [5.41, 5.74) is 4.82. The Labute approximate surface area is 230 Å². The highest BCUT2D eigenvalue weighted by Gasteiger charge is 2.23. The average molecular weight is 543 g/mol. The van der Waals surface area contributed by atoms with Crippen molar-refractivity contribution >= 4 is 46.7 Å². The number of morpholine rings is 1. The predicted octanol–water partition coefficient (Wildman–Crippen LogP) is 1.97. The molecule has 4 heterocycles. The van der Waals surface area contributed by atoms with Crippen LogP contribution in [0.1, 0.15) is 5.82 Å². The van der Waals surface area contributed by atoms with Crippen LogP contribution >= 0.6 is 0 Å². The lowest BCUT2D eigenvalue weighted by Crippen LogP contribution is -2.37. The minimum Gasteiger partial charge on any atom is -0.378 e. The van der Waals surface area contributed by atoms with Gasteiger partial charge in [0.25, 0.3) is 5.91 Å². The molecule has 1 aromatic carbocycles. The Morgan fingerprint density at radius 2 is 2.05 bits per heavy atom. The Morgan fingerprint density at radius 3 is 2.83 bits per heavy atom. The molecular formula is C27H30N10O3. The van der Waals surface area contributed by atoms with Crippen molar-refractivity contribution in [3.8, 4) is 11.4 Å². The van der Waals surface area contributed by atoms with Gasteiger partial charge in [-0.1, -0.05) is 18.2 Å². The van der Waals surface area contributed by atoms with E-state index in [9.17, 15) is 4.79 Å². The Hall–Kier alpha value is -4.59. The van der Waals surface area contributed by atoms with Gasteiger partial charge in [-0.2, -0.15) is 0 Å². The van der Waals surface area contributed by atoms with Crippen molar-refractivity contribution in [1.82, 2.24) is 34.9 Å². The number of anilines is 1. The molecule has 5 rings (SSSR count). The number of nitrogens with zero attached hydrogens (tertiary/aromatic N) is 9. The van der Waals surface area contributed by atoms with E-state index >= 15 is 0 Å². The molecule has 0 spiro atoms. The van der Waals surface area contributed by atoms with Crippen LogP contribution in [0.15, 0.2) is 58.3 Å². The number of nitrogens with one attached hydrogen (secondary N) is 1. The highest BCUT2D eigenvalue weighted by Crippen LogP contribution is 2.29. The fourth-order valence-corrected chi connectivity index (χ4v) is 4.43. The third-order valence-electron chi connectivity index (χ3n) is 6.51. The molecule has 4 aromatic rings. The fourth-order valence-electron chi connectivity index (χ4n) is 4.43. The zero-order valence-corrected chi connectivity index (χ0v) is 22.4. The van der Waals surface area contributed by atoms with Crippen LogP contribution in [0.5, 0.6) is 0 Å². The second-order valence-electron chi connectivity index (χ2n) is 9.32. The molecule has 0 aliphatic carbocycles. The van der Waals surface area contributed by atoms with Crippen LogP contribution in [0.4, 0.5) is 5.82 Å². The monoisotopic (exact) mass is 542 g/mol. The van der Waals surface area contributed by atoms with Gasteiger partial charge in [0.05, 0.1) is 37.5 Å². The van der Waals surface area contributed by atoms with Crippen molar-refractivity contribution in [2.45, 2.75) is 6.54 Å². The number of hydroxylamine groups is 1. The Balaban J connectivity index is 1.47. The van der Waals surface area contributed by atoms with Crippen molar-refractivity contribution in [2.24, 2.45) is 17.0 Å². The minimum absolute atomic E-state index is 0.0785. The minimum atomic E-state index is -0.721. The maximum Gasteiger partial charge on any atom is 0.277 e. The SMILES string of the molecule is C=N/C=C(\C=N/CN(C)Cc1nc2c(N3CCOCC3)nc(-c3cnc4ccccc4c3)nc2n1C)C(=O)NO. The van der Waals surface area contributed by atoms with Gasteiger partial charge < -0.3 is 14.2 Å². The van der Waals surface area contributed by atoms with Gasteiger partial charge in [-0.25, -0.2) is 20.4 Å². The number of imidazole rings is 1. The van der Waals surface area contributed by atoms with E-state index in [1.165, 1.54) is 12.4 Å². The number of fused-ring (bicyclic) bond motifs is 2. The summed E-state index contributed by atoms with van der Waals surface area (Å²) < 4.78 is 7.54. The number of benzene rings is 1. The second-order valence-corrected chi connectivity index (χ2v) is 9.32. The van der Waals surface area contributed by atoms with Crippen LogP contribution in [0.25, 0.3) is 33.5 Å². The number of pyridine rings is 1. The highest BCUT2D eigenvalue weighted by molar-refractivity contribution is 6.11. The summed E-state index contributed by atoms with van der Waals surface area (Å²) in [5.74, 6) is 1.40. The topological polar surface area (TPSA) is 146 Å². The van der Waals surface area contributed by atoms with Gasteiger partial charge in [0.1, 0.15) is 5.82 Å². The molecule has 0 atom stereocenters. The molecular weight excluding hydrogens is 512 g/mol. The highest BCUT2D eigenvalue weighted by atomic mass is 16.5. The Kier molecular flexibility index (Phi) is 8.15. The molecule has 1 aliphatic heterocycles. The van der Waals surface area contributed by atoms with Gasteiger partial charge in [-0.15, -0.1) is 0 Å². The van der Waals surface area contributed by atoms with Crippen molar-refractivity contribution in [1.29, 1.82) is 0 Å². The Morgan fingerprint density at radius 1 is 1.25 bits per heavy atom. The van der Waals surface area contributed by atoms with Crippen LogP contribution in [0.2, 0.25) is 0 Å². The quantitative estimate of drug-likeness (QED) is 0.140. The zero-order valence-electron chi connectivity index (χ0n) is 22.4. The Bertz CT molecular complexity index is 1610. The molecule has 0 saturated carbocycles. The molecule has 0 radical (unpaired) electrons. The molecule has 2 N–H and O–H groups in total. The number of hydrogen-bond acceptors (Lipinski definition) is 11. The van der Waals surface area contributed by atoms with E-state index in [-0.39, 0.29) is 12.2 Å². The van der Waals surface area contributed by atoms with E-state index < -0.39 is 5.91 Å². The number of rotatable bonds is 9. The number of para-hydroxylation sites is 1. The maximum absolute atomic E-state index is 11.7. The lowest BCUT2D eigenvalue weighted by molar-refractivity contribution is -0.124. The molecule has 1 amide bonds. The first-order valence-corrected chi connectivity index (χ1v) is 12.7. The van der Waals surface area contributed by atoms with Gasteiger partial charge in [0, 0.05) is 49.7 Å². The van der Waals surface area contributed by atoms with Crippen molar-refractivity contribution < 1.29 is 14.7 Å². The summed E-state index contributed by atoms with van der Waals surface area (Å²) in [5, 5.41) is 9.90. The molecule has 1 saturated heterocycles. The number of aliphatic imine (C=N–C) groups is 2. The summed E-state index contributed by atoms with van der Waals surface area (Å²) >= 11 is 0. The normalized spacial score (nSPS) is 14.5. The lowest BCUT2D eigenvalue weighted by atomic mass is 10.1. The first kappa shape index (κ1) is 27.0. The van der Waals surface area contributed by atoms with Gasteiger partial charge in [-0.3, -0.25) is 29.9 Å². The number of ether oxygens (including phenoxy) is 1. The van der Waals surface area contributed by atoms with E-state index in [2.05, 4.69) is 32.7 Å². The van der Waals surface area contributed by atoms with Crippen LogP contribution in [-0.2, 0) is 23.1 Å². The van der Waals surface area contributed by atoms with Gasteiger partial charge >= 0.3 is 0 Å². The predicted molar refractivity (Wildman–Crippen MR) is 152 cm³/mol. The van der Waals surface area contributed by atoms with E-state index in [1.54, 1.807) is 11.7 Å². The number of amides is 1. The number of hydrogen-bond donors (Lipinski definition) is 2. The van der Waals surface area contributed by atoms with Crippen LogP contribution in [-0.4, -0.2) is 93.5 Å². The van der Waals surface area contributed by atoms with Crippen molar-refractivity contribution in [3.63, 3.8) is 0 Å². The first-order chi connectivity index (χ1) is 19.5. The third kappa shape index (κ3) is 5.71. The smallest absolute Gasteiger partial charge is 0.277 e. The number of aromatic nitrogens is 5. The van der Waals surface area contributed by atoms with Gasteiger partial charge in [-0.05, 0) is 25.9 Å². The van der Waals surface area contributed by atoms with E-state index in [1.807, 2.05) is 47.8 Å².